The molecule has 11 heteroatoms. The van der Waals surface area contributed by atoms with Gasteiger partial charge in [0.15, 0.2) is 0 Å². The molecule has 2 saturated heterocycles. The molecule has 3 saturated carbocycles. The van der Waals surface area contributed by atoms with Gasteiger partial charge in [0.25, 0.3) is 5.91 Å². The highest BCUT2D eigenvalue weighted by molar-refractivity contribution is 6.38. The average molecular weight is 683 g/mol. The number of hydrogen-bond donors (Lipinski definition) is 4. The molecule has 11 nitrogen and oxygen atoms in total. The Labute approximate surface area is 293 Å². The molecule has 0 radical (unpaired) electrons. The van der Waals surface area contributed by atoms with Gasteiger partial charge in [-0.3, -0.25) is 24.0 Å². The van der Waals surface area contributed by atoms with Gasteiger partial charge in [-0.15, -0.1) is 0 Å². The topological polar surface area (TPSA) is 140 Å². The zero-order valence-corrected chi connectivity index (χ0v) is 30.9. The van der Waals surface area contributed by atoms with Crippen molar-refractivity contribution in [1.82, 2.24) is 31.1 Å². The summed E-state index contributed by atoms with van der Waals surface area (Å²) in [6.07, 6.45) is 10.6. The molecule has 0 aromatic carbocycles. The van der Waals surface area contributed by atoms with Crippen molar-refractivity contribution >= 4 is 29.4 Å². The molecule has 49 heavy (non-hydrogen) atoms. The van der Waals surface area contributed by atoms with E-state index in [9.17, 15) is 24.0 Å². The first kappa shape index (κ1) is 37.2. The number of carbonyl (C=O) groups is 5. The Morgan fingerprint density at radius 1 is 0.857 bits per heavy atom. The molecule has 1 unspecified atom stereocenters. The fourth-order valence-electron chi connectivity index (χ4n) is 8.11. The van der Waals surface area contributed by atoms with Crippen LogP contribution in [0.4, 0.5) is 0 Å². The van der Waals surface area contributed by atoms with Crippen molar-refractivity contribution in [1.29, 1.82) is 0 Å². The molecule has 2 aliphatic heterocycles. The number of nitrogens with zero attached hydrogens (tertiary/aromatic N) is 2. The van der Waals surface area contributed by atoms with Crippen molar-refractivity contribution in [2.75, 3.05) is 19.6 Å². The van der Waals surface area contributed by atoms with Crippen LogP contribution in [-0.4, -0.2) is 89.1 Å². The molecule has 0 aromatic rings. The maximum Gasteiger partial charge on any atom is 0.289 e. The summed E-state index contributed by atoms with van der Waals surface area (Å²) in [6.45, 7) is 18.5. The van der Waals surface area contributed by atoms with E-state index in [0.29, 0.717) is 37.7 Å². The maximum atomic E-state index is 14.6. The molecule has 6 atom stereocenters. The normalized spacial score (nSPS) is 26.2. The summed E-state index contributed by atoms with van der Waals surface area (Å²) >= 11 is 0. The van der Waals surface area contributed by atoms with E-state index in [2.05, 4.69) is 48.6 Å². The van der Waals surface area contributed by atoms with E-state index in [0.717, 1.165) is 70.8 Å². The van der Waals surface area contributed by atoms with Crippen molar-refractivity contribution in [2.24, 2.45) is 28.6 Å². The first-order valence-corrected chi connectivity index (χ1v) is 19.0. The first-order valence-electron chi connectivity index (χ1n) is 19.0. The number of fused-ring (bicyclic) bond motifs is 1. The van der Waals surface area contributed by atoms with Crippen LogP contribution in [0.1, 0.15) is 119 Å². The fraction of sp³-hybridized carbons (Fsp3) is 0.816. The number of hydrogen-bond acceptors (Lipinski definition) is 7. The summed E-state index contributed by atoms with van der Waals surface area (Å²) in [6, 6.07) is -2.33. The van der Waals surface area contributed by atoms with E-state index < -0.39 is 35.2 Å². The molecule has 4 N–H and O–H groups in total. The van der Waals surface area contributed by atoms with Crippen LogP contribution in [-0.2, 0) is 24.0 Å². The van der Waals surface area contributed by atoms with Crippen LogP contribution < -0.4 is 21.3 Å². The molecule has 2 heterocycles. The lowest BCUT2D eigenvalue weighted by Gasteiger charge is -2.41. The van der Waals surface area contributed by atoms with Crippen molar-refractivity contribution in [2.45, 2.75) is 149 Å². The molecular weight excluding hydrogens is 620 g/mol. The smallest absolute Gasteiger partial charge is 0.289 e. The summed E-state index contributed by atoms with van der Waals surface area (Å²) in [5, 5.41) is 12.7. The third-order valence-electron chi connectivity index (χ3n) is 11.7. The quantitative estimate of drug-likeness (QED) is 0.205. The van der Waals surface area contributed by atoms with E-state index >= 15 is 0 Å². The van der Waals surface area contributed by atoms with Crippen molar-refractivity contribution in [3.63, 3.8) is 0 Å². The SMILES string of the molecule is C=C(N[C@H](C(=O)N1C[C@@H]2CCC[C@@H]2[C@H]1C(=O)NC(CC1CCC1)C(=O)C(=O)NC1CC1)C(C)(C)C)N[C@H](CN1CCCCC1=O)C(C)(C)C. The van der Waals surface area contributed by atoms with E-state index in [1.807, 2.05) is 25.7 Å². The highest BCUT2D eigenvalue weighted by atomic mass is 16.2. The third-order valence-corrected chi connectivity index (χ3v) is 11.7. The molecule has 5 fully saturated rings. The minimum atomic E-state index is -0.893. The first-order chi connectivity index (χ1) is 23.0. The van der Waals surface area contributed by atoms with Crippen LogP contribution >= 0.6 is 0 Å². The van der Waals surface area contributed by atoms with Crippen molar-refractivity contribution in [3.05, 3.63) is 12.4 Å². The van der Waals surface area contributed by atoms with Crippen LogP contribution in [0.3, 0.4) is 0 Å². The van der Waals surface area contributed by atoms with Gasteiger partial charge in [-0.2, -0.15) is 0 Å². The number of ketones is 1. The Morgan fingerprint density at radius 3 is 2.14 bits per heavy atom. The van der Waals surface area contributed by atoms with Gasteiger partial charge in [0.05, 0.1) is 11.9 Å². The summed E-state index contributed by atoms with van der Waals surface area (Å²) in [5.41, 5.74) is -0.716. The van der Waals surface area contributed by atoms with E-state index in [-0.39, 0.29) is 47.1 Å². The molecular formula is C38H62N6O5. The second-order valence-electron chi connectivity index (χ2n) is 17.8. The van der Waals surface area contributed by atoms with Crippen LogP contribution in [0.15, 0.2) is 12.4 Å². The standard InChI is InChI=1S/C38H62N6O5/c1-23(39-29(37(2,3)4)22-43-19-9-8-16-30(43)45)40-33(38(5,6)7)36(49)44-21-25-14-11-15-27(25)31(44)34(47)42-28(20-24-12-10-13-24)32(46)35(48)41-26-17-18-26/h24-29,31,33,39-40H,1,8-22H2,2-7H3,(H,41,48)(H,42,47)/t25-,27-,28?,29+,31-,33+/m0/s1. The average Bonchev–Trinajstić information content (AvgIpc) is 3.56. The van der Waals surface area contributed by atoms with Gasteiger partial charge >= 0.3 is 0 Å². The van der Waals surface area contributed by atoms with Gasteiger partial charge < -0.3 is 31.1 Å². The summed E-state index contributed by atoms with van der Waals surface area (Å²) in [4.78, 5) is 71.4. The van der Waals surface area contributed by atoms with Gasteiger partial charge in [-0.1, -0.05) is 73.8 Å². The number of piperidine rings is 1. The molecule has 274 valence electrons. The molecule has 5 rings (SSSR count). The molecule has 0 aromatic heterocycles. The largest absolute Gasteiger partial charge is 0.367 e. The monoisotopic (exact) mass is 682 g/mol. The minimum Gasteiger partial charge on any atom is -0.367 e. The number of nitrogens with one attached hydrogen (secondary N) is 4. The van der Waals surface area contributed by atoms with Gasteiger partial charge in [0.1, 0.15) is 12.1 Å². The minimum absolute atomic E-state index is 0.0120. The lowest BCUT2D eigenvalue weighted by molar-refractivity contribution is -0.145. The molecule has 5 aliphatic rings. The Bertz CT molecular complexity index is 1280. The van der Waals surface area contributed by atoms with Crippen LogP contribution in [0.5, 0.6) is 0 Å². The molecule has 4 amide bonds. The summed E-state index contributed by atoms with van der Waals surface area (Å²) in [7, 11) is 0. The van der Waals surface area contributed by atoms with Crippen molar-refractivity contribution < 1.29 is 24.0 Å². The van der Waals surface area contributed by atoms with Gasteiger partial charge in [0, 0.05) is 38.1 Å². The van der Waals surface area contributed by atoms with Crippen LogP contribution in [0.2, 0.25) is 0 Å². The Balaban J connectivity index is 1.31. The Morgan fingerprint density at radius 2 is 1.55 bits per heavy atom. The Hall–Kier alpha value is -3.11. The van der Waals surface area contributed by atoms with Crippen LogP contribution in [0, 0.1) is 28.6 Å². The highest BCUT2D eigenvalue weighted by Crippen LogP contribution is 2.43. The zero-order valence-electron chi connectivity index (χ0n) is 30.9. The molecule has 3 aliphatic carbocycles. The predicted octanol–water partition coefficient (Wildman–Crippen LogP) is 3.63. The summed E-state index contributed by atoms with van der Waals surface area (Å²) < 4.78 is 0. The highest BCUT2D eigenvalue weighted by Gasteiger charge is 2.52. The Kier molecular flexibility index (Phi) is 11.4. The fourth-order valence-corrected chi connectivity index (χ4v) is 8.11. The lowest BCUT2D eigenvalue weighted by atomic mass is 9.80. The zero-order chi connectivity index (χ0) is 35.7. The third kappa shape index (κ3) is 9.17. The number of carbonyl (C=O) groups excluding carboxylic acids is 5. The second-order valence-corrected chi connectivity index (χ2v) is 17.8. The van der Waals surface area contributed by atoms with E-state index in [1.165, 1.54) is 0 Å². The van der Waals surface area contributed by atoms with Gasteiger partial charge in [-0.05, 0) is 73.5 Å². The van der Waals surface area contributed by atoms with Gasteiger partial charge in [-0.25, -0.2) is 0 Å². The number of likely N-dealkylation sites (tertiary alicyclic amines) is 2. The predicted molar refractivity (Wildman–Crippen MR) is 189 cm³/mol. The number of amides is 4. The van der Waals surface area contributed by atoms with Gasteiger partial charge in [0.2, 0.25) is 23.5 Å². The second kappa shape index (κ2) is 15.0. The van der Waals surface area contributed by atoms with E-state index in [4.69, 9.17) is 0 Å². The number of rotatable bonds is 14. The number of Topliss-reactive ketones (excluding diaryl/α,β-unsaturated/α-hetero) is 1. The maximum absolute atomic E-state index is 14.6. The van der Waals surface area contributed by atoms with Crippen molar-refractivity contribution in [3.8, 4) is 0 Å². The molecule has 0 bridgehead atoms. The van der Waals surface area contributed by atoms with E-state index in [1.54, 1.807) is 4.90 Å². The molecule has 0 spiro atoms. The summed E-state index contributed by atoms with van der Waals surface area (Å²) in [5.74, 6) is -0.486. The van der Waals surface area contributed by atoms with Crippen LogP contribution in [0.25, 0.3) is 0 Å². The lowest BCUT2D eigenvalue weighted by Crippen LogP contribution is -2.60.